The molecule has 0 fully saturated rings. The molecule has 5 nitrogen and oxygen atoms in total. The highest BCUT2D eigenvalue weighted by atomic mass is 16.6. The van der Waals surface area contributed by atoms with Crippen molar-refractivity contribution in [2.45, 2.75) is 161 Å². The van der Waals surface area contributed by atoms with E-state index in [0.29, 0.717) is 12.8 Å². The van der Waals surface area contributed by atoms with E-state index in [1.54, 1.807) is 0 Å². The Morgan fingerprint density at radius 1 is 0.605 bits per heavy atom. The summed E-state index contributed by atoms with van der Waals surface area (Å²) < 4.78 is 10.4. The zero-order valence-corrected chi connectivity index (χ0v) is 24.9. The van der Waals surface area contributed by atoms with Crippen molar-refractivity contribution in [2.24, 2.45) is 0 Å². The molecule has 0 radical (unpaired) electrons. The molecule has 38 heavy (non-hydrogen) atoms. The van der Waals surface area contributed by atoms with Crippen molar-refractivity contribution in [3.8, 4) is 0 Å². The number of hydrogen-bond donors (Lipinski definition) is 1. The molecular formula is C33H60O5. The molecule has 222 valence electrons. The van der Waals surface area contributed by atoms with Crippen LogP contribution in [-0.2, 0) is 19.1 Å². The van der Waals surface area contributed by atoms with Crippen LogP contribution >= 0.6 is 0 Å². The van der Waals surface area contributed by atoms with Crippen LogP contribution < -0.4 is 0 Å². The van der Waals surface area contributed by atoms with Crippen molar-refractivity contribution in [2.75, 3.05) is 13.2 Å². The normalized spacial score (nSPS) is 12.4. The Morgan fingerprint density at radius 3 is 1.61 bits per heavy atom. The van der Waals surface area contributed by atoms with Gasteiger partial charge in [0.2, 0.25) is 0 Å². The molecule has 0 aromatic carbocycles. The van der Waals surface area contributed by atoms with Gasteiger partial charge in [0, 0.05) is 12.8 Å². The van der Waals surface area contributed by atoms with Gasteiger partial charge < -0.3 is 14.6 Å². The summed E-state index contributed by atoms with van der Waals surface area (Å²) in [6, 6.07) is 0. The molecule has 0 saturated carbocycles. The molecule has 0 aliphatic heterocycles. The molecule has 0 aromatic heterocycles. The molecule has 0 rings (SSSR count). The third-order valence-electron chi connectivity index (χ3n) is 6.75. The standard InChI is InChI=1S/C33H60O5/c1-3-5-7-9-10-11-12-13-14-15-16-17-18-19-20-21-22-24-26-28-33(36)38-31(29-34)30-37-32(35)27-25-23-8-6-4-2/h10-11,13-14,31,34H,3-9,12,15-30H2,1-2H3/b11-10-,14-13-. The van der Waals surface area contributed by atoms with Gasteiger partial charge in [0.25, 0.3) is 0 Å². The first kappa shape index (κ1) is 36.4. The maximum Gasteiger partial charge on any atom is 0.306 e. The van der Waals surface area contributed by atoms with E-state index in [-0.39, 0.29) is 25.2 Å². The van der Waals surface area contributed by atoms with E-state index in [2.05, 4.69) is 38.2 Å². The topological polar surface area (TPSA) is 72.8 Å². The lowest BCUT2D eigenvalue weighted by Gasteiger charge is -2.15. The summed E-state index contributed by atoms with van der Waals surface area (Å²) in [5.74, 6) is -0.610. The van der Waals surface area contributed by atoms with Crippen molar-refractivity contribution < 1.29 is 24.2 Å². The molecule has 1 atom stereocenters. The van der Waals surface area contributed by atoms with Gasteiger partial charge in [-0.05, 0) is 44.9 Å². The zero-order valence-electron chi connectivity index (χ0n) is 24.9. The average Bonchev–Trinajstić information content (AvgIpc) is 2.92. The van der Waals surface area contributed by atoms with Gasteiger partial charge in [-0.2, -0.15) is 0 Å². The Hall–Kier alpha value is -1.62. The third-order valence-corrected chi connectivity index (χ3v) is 6.75. The molecule has 0 aromatic rings. The van der Waals surface area contributed by atoms with E-state index in [9.17, 15) is 14.7 Å². The number of aliphatic hydroxyl groups is 1. The molecule has 0 amide bonds. The summed E-state index contributed by atoms with van der Waals surface area (Å²) in [4.78, 5) is 23.8. The van der Waals surface area contributed by atoms with Crippen LogP contribution in [0.3, 0.4) is 0 Å². The Kier molecular flexibility index (Phi) is 28.7. The lowest BCUT2D eigenvalue weighted by Crippen LogP contribution is -2.28. The molecule has 0 aliphatic rings. The van der Waals surface area contributed by atoms with Crippen molar-refractivity contribution >= 4 is 11.9 Å². The van der Waals surface area contributed by atoms with Crippen LogP contribution in [0.15, 0.2) is 24.3 Å². The smallest absolute Gasteiger partial charge is 0.306 e. The predicted molar refractivity (Wildman–Crippen MR) is 159 cm³/mol. The second-order valence-electron chi connectivity index (χ2n) is 10.5. The number of esters is 2. The van der Waals surface area contributed by atoms with Gasteiger partial charge in [0.1, 0.15) is 6.61 Å². The summed E-state index contributed by atoms with van der Waals surface area (Å²) in [6.07, 6.45) is 32.6. The van der Waals surface area contributed by atoms with Gasteiger partial charge in [-0.15, -0.1) is 0 Å². The largest absolute Gasteiger partial charge is 0.462 e. The minimum absolute atomic E-state index is 0.0666. The molecule has 0 heterocycles. The fraction of sp³-hybridized carbons (Fsp3) is 0.818. The fourth-order valence-electron chi connectivity index (χ4n) is 4.29. The highest BCUT2D eigenvalue weighted by molar-refractivity contribution is 5.70. The second-order valence-corrected chi connectivity index (χ2v) is 10.5. The molecule has 1 N–H and O–H groups in total. The number of allylic oxidation sites excluding steroid dienone is 4. The minimum atomic E-state index is -0.765. The second kappa shape index (κ2) is 29.9. The maximum absolute atomic E-state index is 12.0. The quantitative estimate of drug-likeness (QED) is 0.0613. The van der Waals surface area contributed by atoms with Gasteiger partial charge in [0.15, 0.2) is 6.10 Å². The number of carbonyl (C=O) groups is 2. The van der Waals surface area contributed by atoms with E-state index in [1.165, 1.54) is 83.5 Å². The van der Waals surface area contributed by atoms with Crippen LogP contribution in [0.1, 0.15) is 155 Å². The third kappa shape index (κ3) is 27.4. The maximum atomic E-state index is 12.0. The summed E-state index contributed by atoms with van der Waals surface area (Å²) >= 11 is 0. The Bertz CT molecular complexity index is 584. The summed E-state index contributed by atoms with van der Waals surface area (Å²) in [5.41, 5.74) is 0. The fourth-order valence-corrected chi connectivity index (χ4v) is 4.29. The lowest BCUT2D eigenvalue weighted by molar-refractivity contribution is -0.161. The zero-order chi connectivity index (χ0) is 27.9. The molecule has 0 aliphatic carbocycles. The summed E-state index contributed by atoms with van der Waals surface area (Å²) in [5, 5.41) is 9.42. The highest BCUT2D eigenvalue weighted by Gasteiger charge is 2.16. The Morgan fingerprint density at radius 2 is 1.05 bits per heavy atom. The number of unbranched alkanes of at least 4 members (excludes halogenated alkanes) is 16. The van der Waals surface area contributed by atoms with Crippen molar-refractivity contribution in [1.29, 1.82) is 0 Å². The van der Waals surface area contributed by atoms with E-state index in [1.807, 2.05) is 0 Å². The van der Waals surface area contributed by atoms with Gasteiger partial charge >= 0.3 is 11.9 Å². The predicted octanol–water partition coefficient (Wildman–Crippen LogP) is 9.17. The molecule has 0 spiro atoms. The SMILES string of the molecule is CCCCC/C=C\C/C=C\CCCCCCCCCCCC(=O)OC(CO)COC(=O)CCCCCCC. The highest BCUT2D eigenvalue weighted by Crippen LogP contribution is 2.13. The number of aliphatic hydroxyl groups excluding tert-OH is 1. The summed E-state index contributed by atoms with van der Waals surface area (Å²) in [7, 11) is 0. The van der Waals surface area contributed by atoms with Crippen molar-refractivity contribution in [1.82, 2.24) is 0 Å². The molecule has 5 heteroatoms. The van der Waals surface area contributed by atoms with Crippen LogP contribution in [0.4, 0.5) is 0 Å². The van der Waals surface area contributed by atoms with E-state index >= 15 is 0 Å². The number of hydrogen-bond acceptors (Lipinski definition) is 5. The first-order valence-electron chi connectivity index (χ1n) is 15.9. The average molecular weight is 537 g/mol. The van der Waals surface area contributed by atoms with Crippen LogP contribution in [0.2, 0.25) is 0 Å². The van der Waals surface area contributed by atoms with Gasteiger partial charge in [-0.3, -0.25) is 9.59 Å². The first-order valence-corrected chi connectivity index (χ1v) is 15.9. The molecular weight excluding hydrogens is 476 g/mol. The first-order chi connectivity index (χ1) is 18.6. The van der Waals surface area contributed by atoms with Gasteiger partial charge in [-0.1, -0.05) is 122 Å². The van der Waals surface area contributed by atoms with E-state index < -0.39 is 6.10 Å². The van der Waals surface area contributed by atoms with Gasteiger partial charge in [0.05, 0.1) is 6.61 Å². The van der Waals surface area contributed by atoms with Crippen molar-refractivity contribution in [3.63, 3.8) is 0 Å². The lowest BCUT2D eigenvalue weighted by atomic mass is 10.1. The molecule has 0 bridgehead atoms. The van der Waals surface area contributed by atoms with Crippen LogP contribution in [0.25, 0.3) is 0 Å². The monoisotopic (exact) mass is 536 g/mol. The Balaban J connectivity index is 3.52. The van der Waals surface area contributed by atoms with E-state index in [4.69, 9.17) is 9.47 Å². The van der Waals surface area contributed by atoms with Crippen LogP contribution in [0.5, 0.6) is 0 Å². The Labute approximate surface area is 234 Å². The van der Waals surface area contributed by atoms with Gasteiger partial charge in [-0.25, -0.2) is 0 Å². The molecule has 0 saturated heterocycles. The molecule has 1 unspecified atom stereocenters. The van der Waals surface area contributed by atoms with Crippen molar-refractivity contribution in [3.05, 3.63) is 24.3 Å². The van der Waals surface area contributed by atoms with Crippen LogP contribution in [-0.4, -0.2) is 36.4 Å². The minimum Gasteiger partial charge on any atom is -0.462 e. The summed E-state index contributed by atoms with van der Waals surface area (Å²) in [6.45, 7) is 4.00. The van der Waals surface area contributed by atoms with E-state index in [0.717, 1.165) is 44.9 Å². The van der Waals surface area contributed by atoms with Crippen LogP contribution in [0, 0.1) is 0 Å². The number of carbonyl (C=O) groups excluding carboxylic acids is 2. The number of ether oxygens (including phenoxy) is 2. The number of rotatable bonds is 28.